The van der Waals surface area contributed by atoms with Crippen LogP contribution in [-0.4, -0.2) is 31.8 Å². The summed E-state index contributed by atoms with van der Waals surface area (Å²) in [5.41, 5.74) is -0.722. The third-order valence-electron chi connectivity index (χ3n) is 2.63. The van der Waals surface area contributed by atoms with Gasteiger partial charge in [-0.3, -0.25) is 0 Å². The van der Waals surface area contributed by atoms with Gasteiger partial charge >= 0.3 is 6.18 Å². The summed E-state index contributed by atoms with van der Waals surface area (Å²) < 4.78 is 43.6. The Morgan fingerprint density at radius 1 is 1.24 bits per heavy atom. The summed E-state index contributed by atoms with van der Waals surface area (Å²) in [6.07, 6.45) is -3.68. The molecule has 1 rings (SSSR count). The van der Waals surface area contributed by atoms with E-state index in [0.717, 1.165) is 12.1 Å². The molecule has 1 aromatic heterocycles. The molecule has 2 N–H and O–H groups in total. The molecule has 0 saturated carbocycles. The third-order valence-corrected chi connectivity index (χ3v) is 2.63. The molecule has 1 heterocycles. The number of nitrogens with zero attached hydrogens (tertiary/aromatic N) is 1. The van der Waals surface area contributed by atoms with E-state index in [-0.39, 0.29) is 11.6 Å². The lowest BCUT2D eigenvalue weighted by Gasteiger charge is -2.12. The summed E-state index contributed by atoms with van der Waals surface area (Å²) in [5.74, 6) is 0.864. The van der Waals surface area contributed by atoms with Crippen LogP contribution in [0.5, 0.6) is 0 Å². The van der Waals surface area contributed by atoms with Crippen molar-refractivity contribution in [2.45, 2.75) is 26.4 Å². The Bertz CT molecular complexity index is 436. The number of pyridine rings is 1. The summed E-state index contributed by atoms with van der Waals surface area (Å²) >= 11 is 0. The van der Waals surface area contributed by atoms with Gasteiger partial charge in [0.1, 0.15) is 11.6 Å². The first kappa shape index (κ1) is 17.6. The Labute approximate surface area is 123 Å². The molecule has 0 fully saturated rings. The first-order valence-corrected chi connectivity index (χ1v) is 6.91. The van der Waals surface area contributed by atoms with E-state index in [2.05, 4.69) is 29.5 Å². The van der Waals surface area contributed by atoms with Crippen molar-refractivity contribution in [2.75, 3.05) is 37.4 Å². The van der Waals surface area contributed by atoms with Crippen LogP contribution in [0.3, 0.4) is 0 Å². The van der Waals surface area contributed by atoms with Crippen LogP contribution < -0.4 is 10.6 Å². The predicted octanol–water partition coefficient (Wildman–Crippen LogP) is 3.62. The van der Waals surface area contributed by atoms with E-state index in [9.17, 15) is 13.2 Å². The van der Waals surface area contributed by atoms with Crippen LogP contribution in [0.4, 0.5) is 24.8 Å². The van der Waals surface area contributed by atoms with Crippen molar-refractivity contribution in [1.82, 2.24) is 4.98 Å². The SMILES string of the molecule is CNc1cc(C(F)(F)F)cc(NCCCOCC(C)C)n1. The van der Waals surface area contributed by atoms with Gasteiger partial charge in [-0.05, 0) is 24.5 Å². The lowest BCUT2D eigenvalue weighted by molar-refractivity contribution is -0.137. The lowest BCUT2D eigenvalue weighted by Crippen LogP contribution is -2.12. The van der Waals surface area contributed by atoms with Crippen molar-refractivity contribution in [3.63, 3.8) is 0 Å². The summed E-state index contributed by atoms with van der Waals surface area (Å²) in [7, 11) is 1.53. The maximum absolute atomic E-state index is 12.7. The minimum Gasteiger partial charge on any atom is -0.381 e. The van der Waals surface area contributed by atoms with Crippen LogP contribution in [0.25, 0.3) is 0 Å². The lowest BCUT2D eigenvalue weighted by atomic mass is 10.2. The number of hydrogen-bond acceptors (Lipinski definition) is 4. The molecule has 4 nitrogen and oxygen atoms in total. The fraction of sp³-hybridized carbons (Fsp3) is 0.643. The maximum Gasteiger partial charge on any atom is 0.416 e. The second-order valence-corrected chi connectivity index (χ2v) is 5.12. The summed E-state index contributed by atoms with van der Waals surface area (Å²) in [6, 6.07) is 1.99. The van der Waals surface area contributed by atoms with Gasteiger partial charge < -0.3 is 15.4 Å². The molecule has 0 saturated heterocycles. The highest BCUT2D eigenvalue weighted by Crippen LogP contribution is 2.31. The molecule has 0 amide bonds. The Hall–Kier alpha value is -1.50. The minimum absolute atomic E-state index is 0.184. The zero-order chi connectivity index (χ0) is 15.9. The molecule has 0 bridgehead atoms. The average molecular weight is 305 g/mol. The van der Waals surface area contributed by atoms with Crippen molar-refractivity contribution in [1.29, 1.82) is 0 Å². The highest BCUT2D eigenvalue weighted by molar-refractivity contribution is 5.49. The number of hydrogen-bond donors (Lipinski definition) is 2. The Morgan fingerprint density at radius 3 is 2.48 bits per heavy atom. The molecule has 0 aliphatic rings. The predicted molar refractivity (Wildman–Crippen MR) is 77.5 cm³/mol. The molecule has 120 valence electrons. The highest BCUT2D eigenvalue weighted by Gasteiger charge is 2.31. The van der Waals surface area contributed by atoms with Gasteiger partial charge in [-0.2, -0.15) is 13.2 Å². The van der Waals surface area contributed by atoms with Gasteiger partial charge in [0.05, 0.1) is 5.56 Å². The number of halogens is 3. The third kappa shape index (κ3) is 6.66. The fourth-order valence-electron chi connectivity index (χ4n) is 1.62. The van der Waals surface area contributed by atoms with Gasteiger partial charge in [-0.25, -0.2) is 4.98 Å². The Morgan fingerprint density at radius 2 is 1.90 bits per heavy atom. The van der Waals surface area contributed by atoms with Crippen molar-refractivity contribution in [3.05, 3.63) is 17.7 Å². The van der Waals surface area contributed by atoms with E-state index in [1.165, 1.54) is 7.05 Å². The van der Waals surface area contributed by atoms with Crippen LogP contribution in [0.15, 0.2) is 12.1 Å². The second kappa shape index (κ2) is 8.07. The van der Waals surface area contributed by atoms with Crippen LogP contribution in [0.1, 0.15) is 25.8 Å². The summed E-state index contributed by atoms with van der Waals surface area (Å²) in [5, 5.41) is 5.52. The van der Waals surface area contributed by atoms with Crippen LogP contribution in [0, 0.1) is 5.92 Å². The topological polar surface area (TPSA) is 46.2 Å². The van der Waals surface area contributed by atoms with Gasteiger partial charge in [0.2, 0.25) is 0 Å². The summed E-state index contributed by atoms with van der Waals surface area (Å²) in [6.45, 7) is 5.89. The minimum atomic E-state index is -4.38. The first-order valence-electron chi connectivity index (χ1n) is 6.91. The molecule has 21 heavy (non-hydrogen) atoms. The molecule has 0 spiro atoms. The quantitative estimate of drug-likeness (QED) is 0.720. The highest BCUT2D eigenvalue weighted by atomic mass is 19.4. The van der Waals surface area contributed by atoms with Crippen molar-refractivity contribution < 1.29 is 17.9 Å². The number of rotatable bonds is 8. The van der Waals surface area contributed by atoms with Crippen molar-refractivity contribution in [3.8, 4) is 0 Å². The van der Waals surface area contributed by atoms with E-state index < -0.39 is 11.7 Å². The zero-order valence-electron chi connectivity index (χ0n) is 12.5. The first-order chi connectivity index (χ1) is 9.82. The molecule has 0 aliphatic carbocycles. The van der Waals surface area contributed by atoms with Gasteiger partial charge in [0.25, 0.3) is 0 Å². The molecule has 0 radical (unpaired) electrons. The molecule has 0 aromatic carbocycles. The maximum atomic E-state index is 12.7. The molecule has 1 aromatic rings. The molecule has 0 unspecified atom stereocenters. The van der Waals surface area contributed by atoms with Gasteiger partial charge in [-0.15, -0.1) is 0 Å². The number of ether oxygens (including phenoxy) is 1. The number of anilines is 2. The van der Waals surface area contributed by atoms with Crippen LogP contribution >= 0.6 is 0 Å². The van der Waals surface area contributed by atoms with Gasteiger partial charge in [0, 0.05) is 26.8 Å². The molecular weight excluding hydrogens is 283 g/mol. The number of aromatic nitrogens is 1. The van der Waals surface area contributed by atoms with E-state index >= 15 is 0 Å². The van der Waals surface area contributed by atoms with E-state index in [1.54, 1.807) is 0 Å². The monoisotopic (exact) mass is 305 g/mol. The average Bonchev–Trinajstić information content (AvgIpc) is 2.41. The largest absolute Gasteiger partial charge is 0.416 e. The molecular formula is C14H22F3N3O. The zero-order valence-corrected chi connectivity index (χ0v) is 12.5. The van der Waals surface area contributed by atoms with Gasteiger partial charge in [-0.1, -0.05) is 13.8 Å². The Kier molecular flexibility index (Phi) is 6.74. The van der Waals surface area contributed by atoms with Crippen molar-refractivity contribution >= 4 is 11.6 Å². The van der Waals surface area contributed by atoms with Gasteiger partial charge in [0.15, 0.2) is 0 Å². The second-order valence-electron chi connectivity index (χ2n) is 5.12. The number of alkyl halides is 3. The van der Waals surface area contributed by atoms with E-state index in [4.69, 9.17) is 4.74 Å². The van der Waals surface area contributed by atoms with Crippen LogP contribution in [0.2, 0.25) is 0 Å². The fourth-order valence-corrected chi connectivity index (χ4v) is 1.62. The van der Waals surface area contributed by atoms with E-state index in [0.29, 0.717) is 32.1 Å². The standard InChI is InChI=1S/C14H22F3N3O/c1-10(2)9-21-6-4-5-19-13-8-11(14(15,16)17)7-12(18-3)20-13/h7-8,10H,4-6,9H2,1-3H3,(H2,18,19,20). The molecule has 7 heteroatoms. The van der Waals surface area contributed by atoms with Crippen molar-refractivity contribution in [2.24, 2.45) is 5.92 Å². The van der Waals surface area contributed by atoms with Crippen LogP contribution in [-0.2, 0) is 10.9 Å². The summed E-state index contributed by atoms with van der Waals surface area (Å²) in [4.78, 5) is 4.05. The van der Waals surface area contributed by atoms with E-state index in [1.807, 2.05) is 0 Å². The number of nitrogens with one attached hydrogen (secondary N) is 2. The molecule has 0 aliphatic heterocycles. The smallest absolute Gasteiger partial charge is 0.381 e. The normalized spacial score (nSPS) is 11.8. The Balaban J connectivity index is 2.51. The molecule has 0 atom stereocenters.